The minimum absolute atomic E-state index is 0.0208. The molecule has 0 amide bonds. The minimum Gasteiger partial charge on any atom is -0.486 e. The standard InChI is InChI=1S/C13H21BrN2O/c1-13(2,3)16-12(14)11(9-15-16)17-10-7-5-4-6-8-10/h9-10H,4-8H2,1-3H3. The SMILES string of the molecule is CC(C)(C)n1ncc(OC2CCCCC2)c1Br. The highest BCUT2D eigenvalue weighted by molar-refractivity contribution is 9.10. The molecule has 17 heavy (non-hydrogen) atoms. The molecular formula is C13H21BrN2O. The molecule has 4 heteroatoms. The van der Waals surface area contributed by atoms with Gasteiger partial charge in [-0.3, -0.25) is 0 Å². The van der Waals surface area contributed by atoms with E-state index in [1.54, 1.807) is 0 Å². The maximum Gasteiger partial charge on any atom is 0.172 e. The predicted octanol–water partition coefficient (Wildman–Crippen LogP) is 4.11. The van der Waals surface area contributed by atoms with Crippen molar-refractivity contribution in [3.8, 4) is 5.75 Å². The summed E-state index contributed by atoms with van der Waals surface area (Å²) in [6.07, 6.45) is 8.47. The zero-order valence-corrected chi connectivity index (χ0v) is 12.5. The summed E-state index contributed by atoms with van der Waals surface area (Å²) in [5.74, 6) is 0.881. The fourth-order valence-electron chi connectivity index (χ4n) is 2.23. The molecular weight excluding hydrogens is 280 g/mol. The number of halogens is 1. The van der Waals surface area contributed by atoms with E-state index in [1.165, 1.54) is 32.1 Å². The number of aromatic nitrogens is 2. The first-order chi connectivity index (χ1) is 7.98. The molecule has 1 fully saturated rings. The molecule has 1 aliphatic rings. The average molecular weight is 301 g/mol. The van der Waals surface area contributed by atoms with E-state index < -0.39 is 0 Å². The molecule has 0 unspecified atom stereocenters. The normalized spacial score (nSPS) is 18.4. The summed E-state index contributed by atoms with van der Waals surface area (Å²) in [6, 6.07) is 0. The molecule has 1 aromatic rings. The van der Waals surface area contributed by atoms with Gasteiger partial charge in [-0.25, -0.2) is 4.68 Å². The van der Waals surface area contributed by atoms with Crippen LogP contribution in [-0.4, -0.2) is 15.9 Å². The van der Waals surface area contributed by atoms with Gasteiger partial charge in [0.05, 0.1) is 17.8 Å². The van der Waals surface area contributed by atoms with Crippen LogP contribution in [0.3, 0.4) is 0 Å². The Kier molecular flexibility index (Phi) is 3.81. The Morgan fingerprint density at radius 2 is 1.94 bits per heavy atom. The van der Waals surface area contributed by atoms with Gasteiger partial charge in [-0.15, -0.1) is 0 Å². The fourth-order valence-corrected chi connectivity index (χ4v) is 3.05. The first-order valence-corrected chi connectivity index (χ1v) is 7.18. The van der Waals surface area contributed by atoms with Gasteiger partial charge in [-0.2, -0.15) is 5.10 Å². The van der Waals surface area contributed by atoms with Gasteiger partial charge in [-0.1, -0.05) is 6.42 Å². The van der Waals surface area contributed by atoms with Crippen LogP contribution in [-0.2, 0) is 5.54 Å². The van der Waals surface area contributed by atoms with Gasteiger partial charge in [0.1, 0.15) is 4.60 Å². The Labute approximate surface area is 112 Å². The summed E-state index contributed by atoms with van der Waals surface area (Å²) in [7, 11) is 0. The molecule has 0 spiro atoms. The lowest BCUT2D eigenvalue weighted by atomic mass is 9.98. The molecule has 0 radical (unpaired) electrons. The number of rotatable bonds is 2. The summed E-state index contributed by atoms with van der Waals surface area (Å²) in [6.45, 7) is 6.40. The Balaban J connectivity index is 2.09. The minimum atomic E-state index is -0.0208. The van der Waals surface area contributed by atoms with Gasteiger partial charge in [0.25, 0.3) is 0 Å². The molecule has 3 nitrogen and oxygen atoms in total. The van der Waals surface area contributed by atoms with Crippen LogP contribution < -0.4 is 4.74 Å². The molecule has 1 aromatic heterocycles. The first-order valence-electron chi connectivity index (χ1n) is 6.39. The van der Waals surface area contributed by atoms with Gasteiger partial charge >= 0.3 is 0 Å². The summed E-state index contributed by atoms with van der Waals surface area (Å²) < 4.78 is 8.95. The van der Waals surface area contributed by atoms with E-state index >= 15 is 0 Å². The predicted molar refractivity (Wildman–Crippen MR) is 72.4 cm³/mol. The van der Waals surface area contributed by atoms with Crippen molar-refractivity contribution in [3.05, 3.63) is 10.8 Å². The van der Waals surface area contributed by atoms with Crippen LogP contribution in [0.1, 0.15) is 52.9 Å². The third kappa shape index (κ3) is 3.03. The van der Waals surface area contributed by atoms with Gasteiger partial charge in [0.15, 0.2) is 5.75 Å². The van der Waals surface area contributed by atoms with E-state index in [-0.39, 0.29) is 5.54 Å². The lowest BCUT2D eigenvalue weighted by Crippen LogP contribution is -2.23. The van der Waals surface area contributed by atoms with Crippen molar-refractivity contribution >= 4 is 15.9 Å². The summed E-state index contributed by atoms with van der Waals surface area (Å²) in [4.78, 5) is 0. The van der Waals surface area contributed by atoms with Crippen LogP contribution >= 0.6 is 15.9 Å². The maximum atomic E-state index is 6.03. The highest BCUT2D eigenvalue weighted by Crippen LogP contribution is 2.32. The molecule has 0 bridgehead atoms. The Bertz CT molecular complexity index is 375. The van der Waals surface area contributed by atoms with E-state index in [0.717, 1.165) is 10.4 Å². The Morgan fingerprint density at radius 3 is 2.47 bits per heavy atom. The molecule has 0 aliphatic heterocycles. The van der Waals surface area contributed by atoms with Crippen LogP contribution in [0.2, 0.25) is 0 Å². The van der Waals surface area contributed by atoms with Crippen molar-refractivity contribution in [1.82, 2.24) is 9.78 Å². The number of ether oxygens (including phenoxy) is 1. The first kappa shape index (κ1) is 12.9. The van der Waals surface area contributed by atoms with E-state index in [9.17, 15) is 0 Å². The average Bonchev–Trinajstić information content (AvgIpc) is 2.61. The lowest BCUT2D eigenvalue weighted by molar-refractivity contribution is 0.153. The summed E-state index contributed by atoms with van der Waals surface area (Å²) in [5.41, 5.74) is -0.0208. The highest BCUT2D eigenvalue weighted by Gasteiger charge is 2.22. The summed E-state index contributed by atoms with van der Waals surface area (Å²) in [5, 5.41) is 4.40. The van der Waals surface area contributed by atoms with E-state index in [1.807, 2.05) is 10.9 Å². The molecule has 0 aromatic carbocycles. The molecule has 1 heterocycles. The summed E-state index contributed by atoms with van der Waals surface area (Å²) >= 11 is 3.59. The second-order valence-corrected chi connectivity index (χ2v) is 6.51. The van der Waals surface area contributed by atoms with Crippen molar-refractivity contribution in [2.24, 2.45) is 0 Å². The second-order valence-electron chi connectivity index (χ2n) is 5.76. The monoisotopic (exact) mass is 300 g/mol. The Hall–Kier alpha value is -0.510. The van der Waals surface area contributed by atoms with Crippen LogP contribution in [0, 0.1) is 0 Å². The smallest absolute Gasteiger partial charge is 0.172 e. The zero-order valence-electron chi connectivity index (χ0n) is 10.9. The van der Waals surface area contributed by atoms with Crippen LogP contribution in [0.5, 0.6) is 5.75 Å². The van der Waals surface area contributed by atoms with Crippen molar-refractivity contribution in [3.63, 3.8) is 0 Å². The number of hydrogen-bond acceptors (Lipinski definition) is 2. The molecule has 1 aliphatic carbocycles. The van der Waals surface area contributed by atoms with E-state index in [0.29, 0.717) is 6.10 Å². The van der Waals surface area contributed by atoms with Gasteiger partial charge in [0.2, 0.25) is 0 Å². The quantitative estimate of drug-likeness (QED) is 0.822. The van der Waals surface area contributed by atoms with Crippen molar-refractivity contribution < 1.29 is 4.74 Å². The second kappa shape index (κ2) is 5.01. The lowest BCUT2D eigenvalue weighted by Gasteiger charge is -2.23. The molecule has 1 saturated carbocycles. The molecule has 96 valence electrons. The maximum absolute atomic E-state index is 6.03. The molecule has 2 rings (SSSR count). The van der Waals surface area contributed by atoms with E-state index in [4.69, 9.17) is 4.74 Å². The zero-order chi connectivity index (χ0) is 12.5. The molecule has 0 atom stereocenters. The third-order valence-electron chi connectivity index (χ3n) is 3.16. The highest BCUT2D eigenvalue weighted by atomic mass is 79.9. The molecule has 0 N–H and O–H groups in total. The van der Waals surface area contributed by atoms with Crippen molar-refractivity contribution in [2.45, 2.75) is 64.5 Å². The number of nitrogens with zero attached hydrogens (tertiary/aromatic N) is 2. The van der Waals surface area contributed by atoms with Crippen LogP contribution in [0.4, 0.5) is 0 Å². The van der Waals surface area contributed by atoms with E-state index in [2.05, 4.69) is 41.8 Å². The molecule has 0 saturated heterocycles. The Morgan fingerprint density at radius 1 is 1.29 bits per heavy atom. The van der Waals surface area contributed by atoms with Crippen molar-refractivity contribution in [2.75, 3.05) is 0 Å². The van der Waals surface area contributed by atoms with Crippen molar-refractivity contribution in [1.29, 1.82) is 0 Å². The largest absolute Gasteiger partial charge is 0.486 e. The van der Waals surface area contributed by atoms with Gasteiger partial charge in [-0.05, 0) is 62.4 Å². The van der Waals surface area contributed by atoms with Gasteiger partial charge < -0.3 is 4.74 Å². The van der Waals surface area contributed by atoms with Crippen LogP contribution in [0.15, 0.2) is 10.8 Å². The topological polar surface area (TPSA) is 27.1 Å². The van der Waals surface area contributed by atoms with Gasteiger partial charge in [0, 0.05) is 0 Å². The number of hydrogen-bond donors (Lipinski definition) is 0. The van der Waals surface area contributed by atoms with Crippen LogP contribution in [0.25, 0.3) is 0 Å². The third-order valence-corrected chi connectivity index (χ3v) is 3.89. The fraction of sp³-hybridized carbons (Fsp3) is 0.769.